The van der Waals surface area contributed by atoms with Crippen molar-refractivity contribution in [3.63, 3.8) is 0 Å². The number of piperidine rings is 1. The summed E-state index contributed by atoms with van der Waals surface area (Å²) in [5.74, 6) is 1.65. The zero-order chi connectivity index (χ0) is 14.7. The number of nitrogens with zero attached hydrogens (tertiary/aromatic N) is 1. The van der Waals surface area contributed by atoms with Gasteiger partial charge in [-0.2, -0.15) is 0 Å². The lowest BCUT2D eigenvalue weighted by atomic mass is 9.80. The summed E-state index contributed by atoms with van der Waals surface area (Å²) in [6.07, 6.45) is 8.15. The van der Waals surface area contributed by atoms with Crippen LogP contribution in [0.2, 0.25) is 0 Å². The Morgan fingerprint density at radius 1 is 1.00 bits per heavy atom. The van der Waals surface area contributed by atoms with Crippen molar-refractivity contribution in [1.82, 2.24) is 0 Å². The summed E-state index contributed by atoms with van der Waals surface area (Å²) >= 11 is 0. The molecule has 1 aromatic rings. The van der Waals surface area contributed by atoms with Crippen molar-refractivity contribution in [1.29, 1.82) is 0 Å². The van der Waals surface area contributed by atoms with E-state index >= 15 is 0 Å². The third-order valence-electron chi connectivity index (χ3n) is 5.40. The number of anilines is 2. The second kappa shape index (κ2) is 6.72. The number of benzene rings is 1. The molecule has 2 heteroatoms. The van der Waals surface area contributed by atoms with Gasteiger partial charge in [-0.25, -0.2) is 0 Å². The molecule has 1 aliphatic carbocycles. The molecule has 0 bridgehead atoms. The van der Waals surface area contributed by atoms with E-state index < -0.39 is 0 Å². The lowest BCUT2D eigenvalue weighted by molar-refractivity contribution is 0.281. The van der Waals surface area contributed by atoms with E-state index in [1.807, 2.05) is 0 Å². The van der Waals surface area contributed by atoms with E-state index in [4.69, 9.17) is 0 Å². The molecule has 1 saturated carbocycles. The van der Waals surface area contributed by atoms with Crippen molar-refractivity contribution < 1.29 is 0 Å². The summed E-state index contributed by atoms with van der Waals surface area (Å²) in [6, 6.07) is 9.56. The van der Waals surface area contributed by atoms with Gasteiger partial charge in [0.15, 0.2) is 0 Å². The van der Waals surface area contributed by atoms with Crippen LogP contribution < -0.4 is 10.2 Å². The Bertz CT molecular complexity index is 451. The number of nitrogens with one attached hydrogen (secondary N) is 1. The van der Waals surface area contributed by atoms with E-state index in [0.717, 1.165) is 11.8 Å². The minimum Gasteiger partial charge on any atom is -0.380 e. The fourth-order valence-corrected chi connectivity index (χ4v) is 3.94. The Morgan fingerprint density at radius 2 is 1.76 bits per heavy atom. The van der Waals surface area contributed by atoms with E-state index in [9.17, 15) is 0 Å². The van der Waals surface area contributed by atoms with E-state index in [-0.39, 0.29) is 0 Å². The van der Waals surface area contributed by atoms with Crippen molar-refractivity contribution in [2.75, 3.05) is 23.3 Å². The van der Waals surface area contributed by atoms with Gasteiger partial charge in [0.05, 0.1) is 11.4 Å². The van der Waals surface area contributed by atoms with Crippen molar-refractivity contribution in [2.24, 2.45) is 11.8 Å². The van der Waals surface area contributed by atoms with Gasteiger partial charge in [-0.05, 0) is 56.1 Å². The predicted molar refractivity (Wildman–Crippen MR) is 92.1 cm³/mol. The highest BCUT2D eigenvalue weighted by Gasteiger charge is 2.26. The number of hydrogen-bond donors (Lipinski definition) is 1. The van der Waals surface area contributed by atoms with Gasteiger partial charge in [0.25, 0.3) is 0 Å². The summed E-state index contributed by atoms with van der Waals surface area (Å²) in [4.78, 5) is 2.57. The van der Waals surface area contributed by atoms with E-state index in [0.29, 0.717) is 6.04 Å². The zero-order valence-electron chi connectivity index (χ0n) is 13.6. The fourth-order valence-electron chi connectivity index (χ4n) is 3.94. The summed E-state index contributed by atoms with van der Waals surface area (Å²) in [7, 11) is 0. The first-order valence-electron chi connectivity index (χ1n) is 8.84. The molecule has 3 atom stereocenters. The Kier molecular flexibility index (Phi) is 4.72. The van der Waals surface area contributed by atoms with Crippen LogP contribution in [0.4, 0.5) is 11.4 Å². The van der Waals surface area contributed by atoms with Crippen LogP contribution in [0.25, 0.3) is 0 Å². The van der Waals surface area contributed by atoms with Gasteiger partial charge in [0, 0.05) is 19.1 Å². The average molecular weight is 286 g/mol. The van der Waals surface area contributed by atoms with Crippen molar-refractivity contribution >= 4 is 11.4 Å². The van der Waals surface area contributed by atoms with E-state index in [2.05, 4.69) is 48.3 Å². The largest absolute Gasteiger partial charge is 0.380 e. The van der Waals surface area contributed by atoms with Crippen LogP contribution in [-0.4, -0.2) is 19.1 Å². The molecule has 0 spiro atoms. The Balaban J connectivity index is 1.75. The molecule has 1 heterocycles. The lowest BCUT2D eigenvalue weighted by Gasteiger charge is -2.36. The normalized spacial score (nSPS) is 30.2. The molecule has 0 amide bonds. The van der Waals surface area contributed by atoms with E-state index in [1.165, 1.54) is 63.0 Å². The van der Waals surface area contributed by atoms with Crippen molar-refractivity contribution in [2.45, 2.75) is 58.4 Å². The van der Waals surface area contributed by atoms with Gasteiger partial charge in [0.1, 0.15) is 0 Å². The second-order valence-corrected chi connectivity index (χ2v) is 7.21. The molecule has 1 aromatic carbocycles. The lowest BCUT2D eigenvalue weighted by Crippen LogP contribution is -2.35. The standard InChI is InChI=1S/C19H30N2/c1-15-10-11-16(2)18(14-15)20-17-8-4-5-9-19(17)21-12-6-3-7-13-21/h4-5,8-9,15-16,18,20H,3,6-7,10-14H2,1-2H3. The molecule has 2 nitrogen and oxygen atoms in total. The van der Waals surface area contributed by atoms with Crippen LogP contribution >= 0.6 is 0 Å². The minimum absolute atomic E-state index is 0.639. The summed E-state index contributed by atoms with van der Waals surface area (Å²) < 4.78 is 0. The summed E-state index contributed by atoms with van der Waals surface area (Å²) in [5, 5.41) is 3.89. The van der Waals surface area contributed by atoms with Gasteiger partial charge in [-0.1, -0.05) is 32.4 Å². The maximum Gasteiger partial charge on any atom is 0.0602 e. The molecule has 2 aliphatic rings. The average Bonchev–Trinajstić information content (AvgIpc) is 2.52. The Hall–Kier alpha value is -1.18. The molecule has 21 heavy (non-hydrogen) atoms. The molecule has 0 radical (unpaired) electrons. The quantitative estimate of drug-likeness (QED) is 0.849. The number of hydrogen-bond acceptors (Lipinski definition) is 2. The third kappa shape index (κ3) is 3.53. The molecule has 3 rings (SSSR count). The molecule has 116 valence electrons. The van der Waals surface area contributed by atoms with Crippen LogP contribution in [0.5, 0.6) is 0 Å². The highest BCUT2D eigenvalue weighted by atomic mass is 15.2. The molecule has 0 aromatic heterocycles. The van der Waals surface area contributed by atoms with Gasteiger partial charge in [-0.3, -0.25) is 0 Å². The molecular formula is C19H30N2. The molecular weight excluding hydrogens is 256 g/mol. The third-order valence-corrected chi connectivity index (χ3v) is 5.40. The molecule has 1 N–H and O–H groups in total. The molecule has 3 unspecified atom stereocenters. The first kappa shape index (κ1) is 14.7. The predicted octanol–water partition coefficient (Wildman–Crippen LogP) is 4.91. The maximum absolute atomic E-state index is 3.89. The molecule has 1 saturated heterocycles. The first-order chi connectivity index (χ1) is 10.2. The van der Waals surface area contributed by atoms with Gasteiger partial charge >= 0.3 is 0 Å². The van der Waals surface area contributed by atoms with E-state index in [1.54, 1.807) is 0 Å². The van der Waals surface area contributed by atoms with Crippen molar-refractivity contribution in [3.05, 3.63) is 24.3 Å². The monoisotopic (exact) mass is 286 g/mol. The van der Waals surface area contributed by atoms with Crippen LogP contribution in [0, 0.1) is 11.8 Å². The summed E-state index contributed by atoms with van der Waals surface area (Å²) in [6.45, 7) is 7.24. The second-order valence-electron chi connectivity index (χ2n) is 7.21. The van der Waals surface area contributed by atoms with Gasteiger partial charge in [0.2, 0.25) is 0 Å². The maximum atomic E-state index is 3.89. The van der Waals surface area contributed by atoms with Crippen molar-refractivity contribution in [3.8, 4) is 0 Å². The number of para-hydroxylation sites is 2. The van der Waals surface area contributed by atoms with Gasteiger partial charge in [-0.15, -0.1) is 0 Å². The van der Waals surface area contributed by atoms with Gasteiger partial charge < -0.3 is 10.2 Å². The minimum atomic E-state index is 0.639. The van der Waals surface area contributed by atoms with Crippen LogP contribution in [-0.2, 0) is 0 Å². The number of rotatable bonds is 3. The topological polar surface area (TPSA) is 15.3 Å². The van der Waals surface area contributed by atoms with Crippen LogP contribution in [0.3, 0.4) is 0 Å². The van der Waals surface area contributed by atoms with Crippen LogP contribution in [0.15, 0.2) is 24.3 Å². The first-order valence-corrected chi connectivity index (χ1v) is 8.84. The molecule has 2 fully saturated rings. The fraction of sp³-hybridized carbons (Fsp3) is 0.684. The highest BCUT2D eigenvalue weighted by molar-refractivity contribution is 5.70. The summed E-state index contributed by atoms with van der Waals surface area (Å²) in [5.41, 5.74) is 2.77. The Morgan fingerprint density at radius 3 is 2.57 bits per heavy atom. The Labute approximate surface area is 129 Å². The smallest absolute Gasteiger partial charge is 0.0602 e. The highest BCUT2D eigenvalue weighted by Crippen LogP contribution is 2.34. The van der Waals surface area contributed by atoms with Crippen LogP contribution in [0.1, 0.15) is 52.4 Å². The zero-order valence-corrected chi connectivity index (χ0v) is 13.6. The molecule has 1 aliphatic heterocycles. The SMILES string of the molecule is CC1CCC(C)C(Nc2ccccc2N2CCCCC2)C1.